The van der Waals surface area contributed by atoms with Gasteiger partial charge >= 0.3 is 0 Å². The fourth-order valence-corrected chi connectivity index (χ4v) is 5.32. The zero-order valence-electron chi connectivity index (χ0n) is 21.7. The van der Waals surface area contributed by atoms with E-state index in [0.717, 1.165) is 30.1 Å². The Bertz CT molecular complexity index is 1680. The van der Waals surface area contributed by atoms with E-state index in [1.807, 2.05) is 46.0 Å². The molecule has 5 aromatic rings. The minimum absolute atomic E-state index is 0.0546. The number of rotatable bonds is 4. The highest BCUT2D eigenvalue weighted by atomic mass is 16.7. The first-order valence-electron chi connectivity index (χ1n) is 13.2. The molecule has 1 aromatic heterocycles. The van der Waals surface area contributed by atoms with Crippen molar-refractivity contribution in [1.82, 2.24) is 14.5 Å². The Hall–Kier alpha value is -4.78. The number of hydrogen-bond acceptors (Lipinski definition) is 5. The number of piperazine rings is 1. The Labute approximate surface area is 226 Å². The maximum atomic E-state index is 13.7. The lowest BCUT2D eigenvalue weighted by atomic mass is 10.1. The van der Waals surface area contributed by atoms with E-state index >= 15 is 0 Å². The lowest BCUT2D eigenvalue weighted by Crippen LogP contribution is -2.48. The number of aromatic nitrogens is 2. The van der Waals surface area contributed by atoms with E-state index in [4.69, 9.17) is 14.5 Å². The molecule has 0 saturated carbocycles. The molecule has 39 heavy (non-hydrogen) atoms. The molecule has 0 unspecified atom stereocenters. The Kier molecular flexibility index (Phi) is 5.69. The van der Waals surface area contributed by atoms with Crippen LogP contribution in [0.25, 0.3) is 27.8 Å². The van der Waals surface area contributed by atoms with Crippen molar-refractivity contribution in [2.75, 3.05) is 37.9 Å². The van der Waals surface area contributed by atoms with Gasteiger partial charge in [0, 0.05) is 49.7 Å². The number of carbonyl (C=O) groups is 1. The number of carbonyl (C=O) groups excluding carboxylic acids is 1. The number of benzene rings is 4. The van der Waals surface area contributed by atoms with Gasteiger partial charge in [0.1, 0.15) is 11.5 Å². The van der Waals surface area contributed by atoms with Crippen LogP contribution >= 0.6 is 0 Å². The van der Waals surface area contributed by atoms with Gasteiger partial charge in [0.15, 0.2) is 11.5 Å². The second kappa shape index (κ2) is 9.51. The quantitative estimate of drug-likeness (QED) is 0.307. The summed E-state index contributed by atoms with van der Waals surface area (Å²) < 4.78 is 13.1. The van der Waals surface area contributed by atoms with Crippen molar-refractivity contribution in [2.45, 2.75) is 6.92 Å². The molecule has 0 spiro atoms. The summed E-state index contributed by atoms with van der Waals surface area (Å²) in [5.41, 5.74) is 4.60. The van der Waals surface area contributed by atoms with Crippen molar-refractivity contribution < 1.29 is 14.3 Å². The van der Waals surface area contributed by atoms with Crippen molar-refractivity contribution in [3.05, 3.63) is 102 Å². The monoisotopic (exact) mass is 516 g/mol. The van der Waals surface area contributed by atoms with Crippen molar-refractivity contribution in [2.24, 2.45) is 0 Å². The number of aryl methyl sites for hydroxylation is 1. The van der Waals surface area contributed by atoms with Crippen LogP contribution in [-0.2, 0) is 0 Å². The molecular formula is C32H28N4O3. The number of ether oxygens (including phenoxy) is 2. The smallest absolute Gasteiger partial charge is 0.274 e. The van der Waals surface area contributed by atoms with Crippen LogP contribution in [0.2, 0.25) is 0 Å². The topological polar surface area (TPSA) is 59.8 Å². The number of anilines is 1. The summed E-state index contributed by atoms with van der Waals surface area (Å²) in [7, 11) is 0. The van der Waals surface area contributed by atoms with Gasteiger partial charge < -0.3 is 19.3 Å². The van der Waals surface area contributed by atoms with E-state index in [2.05, 4.69) is 66.4 Å². The van der Waals surface area contributed by atoms with Crippen molar-refractivity contribution >= 4 is 22.4 Å². The summed E-state index contributed by atoms with van der Waals surface area (Å²) in [5, 5.41) is 2.46. The Morgan fingerprint density at radius 1 is 0.769 bits per heavy atom. The van der Waals surface area contributed by atoms with E-state index in [-0.39, 0.29) is 12.7 Å². The average molecular weight is 517 g/mol. The summed E-state index contributed by atoms with van der Waals surface area (Å²) in [6.45, 7) is 5.10. The number of imidazole rings is 1. The van der Waals surface area contributed by atoms with Gasteiger partial charge in [-0.15, -0.1) is 0 Å². The Balaban J connectivity index is 1.15. The van der Waals surface area contributed by atoms with Gasteiger partial charge in [0.25, 0.3) is 5.91 Å². The van der Waals surface area contributed by atoms with Crippen LogP contribution in [0, 0.1) is 6.92 Å². The minimum Gasteiger partial charge on any atom is -0.454 e. The van der Waals surface area contributed by atoms with Crippen LogP contribution in [0.1, 0.15) is 16.1 Å². The zero-order valence-corrected chi connectivity index (χ0v) is 21.7. The predicted molar refractivity (Wildman–Crippen MR) is 152 cm³/mol. The van der Waals surface area contributed by atoms with Crippen LogP contribution in [0.5, 0.6) is 11.5 Å². The summed E-state index contributed by atoms with van der Waals surface area (Å²) in [5.74, 6) is 2.07. The van der Waals surface area contributed by atoms with Crippen LogP contribution in [-0.4, -0.2) is 53.3 Å². The van der Waals surface area contributed by atoms with Crippen molar-refractivity contribution in [3.8, 4) is 28.6 Å². The highest BCUT2D eigenvalue weighted by Crippen LogP contribution is 2.35. The van der Waals surface area contributed by atoms with Gasteiger partial charge in [0.05, 0.1) is 5.69 Å². The lowest BCUT2D eigenvalue weighted by Gasteiger charge is -2.36. The third-order valence-electron chi connectivity index (χ3n) is 7.53. The van der Waals surface area contributed by atoms with E-state index in [1.165, 1.54) is 22.0 Å². The fraction of sp³-hybridized carbons (Fsp3) is 0.188. The molecule has 0 atom stereocenters. The third-order valence-corrected chi connectivity index (χ3v) is 7.53. The molecular weight excluding hydrogens is 488 g/mol. The highest BCUT2D eigenvalue weighted by Gasteiger charge is 2.26. The van der Waals surface area contributed by atoms with Gasteiger partial charge in [0.2, 0.25) is 6.79 Å². The Morgan fingerprint density at radius 2 is 1.51 bits per heavy atom. The van der Waals surface area contributed by atoms with Gasteiger partial charge in [-0.1, -0.05) is 60.2 Å². The number of hydrogen-bond donors (Lipinski definition) is 0. The molecule has 3 heterocycles. The van der Waals surface area contributed by atoms with E-state index in [1.54, 1.807) is 0 Å². The molecule has 1 saturated heterocycles. The molecule has 1 amide bonds. The largest absolute Gasteiger partial charge is 0.454 e. The van der Waals surface area contributed by atoms with Gasteiger partial charge in [-0.25, -0.2) is 4.98 Å². The maximum Gasteiger partial charge on any atom is 0.274 e. The highest BCUT2D eigenvalue weighted by molar-refractivity contribution is 5.93. The van der Waals surface area contributed by atoms with Gasteiger partial charge in [-0.3, -0.25) is 9.36 Å². The molecule has 0 radical (unpaired) electrons. The van der Waals surface area contributed by atoms with Crippen LogP contribution in [0.4, 0.5) is 5.69 Å². The first-order valence-corrected chi connectivity index (χ1v) is 13.2. The molecule has 2 aliphatic rings. The van der Waals surface area contributed by atoms with E-state index < -0.39 is 0 Å². The third kappa shape index (κ3) is 4.36. The second-order valence-corrected chi connectivity index (χ2v) is 10.0. The fourth-order valence-electron chi connectivity index (χ4n) is 5.32. The average Bonchev–Trinajstić information content (AvgIpc) is 3.64. The molecule has 194 valence electrons. The number of amides is 1. The molecule has 0 bridgehead atoms. The Morgan fingerprint density at radius 3 is 2.33 bits per heavy atom. The number of fused-ring (bicyclic) bond motifs is 2. The lowest BCUT2D eigenvalue weighted by molar-refractivity contribution is 0.0741. The van der Waals surface area contributed by atoms with Crippen LogP contribution in [0.3, 0.4) is 0 Å². The van der Waals surface area contributed by atoms with Crippen molar-refractivity contribution in [3.63, 3.8) is 0 Å². The molecule has 1 fully saturated rings. The molecule has 0 N–H and O–H groups in total. The molecule has 7 heteroatoms. The maximum absolute atomic E-state index is 13.7. The molecule has 0 aliphatic carbocycles. The zero-order chi connectivity index (χ0) is 26.3. The van der Waals surface area contributed by atoms with E-state index in [0.29, 0.717) is 30.4 Å². The normalized spacial score (nSPS) is 14.7. The molecule has 7 nitrogen and oxygen atoms in total. The van der Waals surface area contributed by atoms with Crippen LogP contribution in [0.15, 0.2) is 91.1 Å². The summed E-state index contributed by atoms with van der Waals surface area (Å²) in [4.78, 5) is 22.8. The minimum atomic E-state index is -0.0546. The standard InChI is InChI=1S/C32H28N4O3/c1-22-6-8-24(9-7-22)31-33-28(20-36(31)27-12-13-29-30(19-27)39-21-38-29)32(37)35-16-14-34(15-17-35)26-11-10-23-4-2-3-5-25(23)18-26/h2-13,18-20H,14-17,21H2,1H3. The summed E-state index contributed by atoms with van der Waals surface area (Å²) in [6, 6.07) is 28.9. The predicted octanol–water partition coefficient (Wildman–Crippen LogP) is 5.69. The SMILES string of the molecule is Cc1ccc(-c2nc(C(=O)N3CCN(c4ccc5ccccc5c4)CC3)cn2-c2ccc3c(c2)OCO3)cc1. The first-order chi connectivity index (χ1) is 19.1. The van der Waals surface area contributed by atoms with Gasteiger partial charge in [-0.05, 0) is 42.0 Å². The molecule has 2 aliphatic heterocycles. The van der Waals surface area contributed by atoms with E-state index in [9.17, 15) is 4.79 Å². The number of nitrogens with zero attached hydrogens (tertiary/aromatic N) is 4. The second-order valence-electron chi connectivity index (χ2n) is 10.0. The summed E-state index contributed by atoms with van der Waals surface area (Å²) in [6.07, 6.45) is 1.84. The summed E-state index contributed by atoms with van der Waals surface area (Å²) >= 11 is 0. The first kappa shape index (κ1) is 23.3. The van der Waals surface area contributed by atoms with Crippen LogP contribution < -0.4 is 14.4 Å². The molecule has 7 rings (SSSR count). The molecule has 4 aromatic carbocycles. The van der Waals surface area contributed by atoms with Crippen molar-refractivity contribution in [1.29, 1.82) is 0 Å². The van der Waals surface area contributed by atoms with Gasteiger partial charge in [-0.2, -0.15) is 0 Å².